The molecule has 0 amide bonds. The highest BCUT2D eigenvalue weighted by molar-refractivity contribution is 5.79. The summed E-state index contributed by atoms with van der Waals surface area (Å²) < 4.78 is 2.00. The van der Waals surface area contributed by atoms with Crippen LogP contribution in [-0.4, -0.2) is 15.8 Å². The van der Waals surface area contributed by atoms with E-state index in [0.29, 0.717) is 5.56 Å². The average molecular weight is 236 g/mol. The fraction of sp³-hybridized carbons (Fsp3) is 0.0667. The molecule has 0 spiro atoms. The van der Waals surface area contributed by atoms with E-state index in [0.717, 1.165) is 23.7 Å². The Bertz CT molecular complexity index is 700. The normalized spacial score (nSPS) is 10.7. The van der Waals surface area contributed by atoms with Crippen LogP contribution < -0.4 is 0 Å². The van der Waals surface area contributed by atoms with Crippen molar-refractivity contribution in [3.8, 4) is 0 Å². The number of aromatic nitrogens is 2. The Hall–Kier alpha value is -2.42. The Morgan fingerprint density at radius 1 is 1.22 bits per heavy atom. The first-order valence-electron chi connectivity index (χ1n) is 5.80. The zero-order valence-corrected chi connectivity index (χ0v) is 9.78. The molecule has 2 aromatic heterocycles. The van der Waals surface area contributed by atoms with Crippen molar-refractivity contribution in [3.63, 3.8) is 0 Å². The molecule has 3 heteroatoms. The van der Waals surface area contributed by atoms with Gasteiger partial charge in [0.25, 0.3) is 0 Å². The number of nitrogens with zero attached hydrogens (tertiary/aromatic N) is 2. The van der Waals surface area contributed by atoms with Crippen LogP contribution >= 0.6 is 0 Å². The molecule has 0 fully saturated rings. The van der Waals surface area contributed by atoms with E-state index in [-0.39, 0.29) is 0 Å². The van der Waals surface area contributed by atoms with E-state index < -0.39 is 0 Å². The molecule has 0 unspecified atom stereocenters. The molecule has 3 nitrogen and oxygen atoms in total. The summed E-state index contributed by atoms with van der Waals surface area (Å²) in [6.45, 7) is 0.763. The molecule has 3 aromatic rings. The Morgan fingerprint density at radius 3 is 3.00 bits per heavy atom. The number of carbonyl (C=O) groups excluding carboxylic acids is 1. The molecule has 0 N–H and O–H groups in total. The minimum absolute atomic E-state index is 0.706. The molecule has 0 bridgehead atoms. The Kier molecular flexibility index (Phi) is 2.65. The van der Waals surface area contributed by atoms with Crippen molar-refractivity contribution in [2.24, 2.45) is 0 Å². The summed E-state index contributed by atoms with van der Waals surface area (Å²) in [6.07, 6.45) is 6.42. The highest BCUT2D eigenvalue weighted by Gasteiger charge is 1.99. The van der Waals surface area contributed by atoms with Gasteiger partial charge in [-0.3, -0.25) is 9.78 Å². The molecule has 0 aliphatic heterocycles. The lowest BCUT2D eigenvalue weighted by Gasteiger charge is -2.04. The van der Waals surface area contributed by atoms with Gasteiger partial charge < -0.3 is 4.57 Å². The zero-order valence-electron chi connectivity index (χ0n) is 9.78. The molecule has 0 aliphatic carbocycles. The Morgan fingerprint density at radius 2 is 2.17 bits per heavy atom. The van der Waals surface area contributed by atoms with Gasteiger partial charge in [-0.1, -0.05) is 12.1 Å². The fourth-order valence-corrected chi connectivity index (χ4v) is 2.06. The number of fused-ring (bicyclic) bond motifs is 1. The molecule has 18 heavy (non-hydrogen) atoms. The molecular weight excluding hydrogens is 224 g/mol. The second kappa shape index (κ2) is 4.45. The Labute approximate surface area is 105 Å². The molecule has 2 heterocycles. The summed E-state index contributed by atoms with van der Waals surface area (Å²) in [5, 5.41) is 1.14. The lowest BCUT2D eigenvalue weighted by Crippen LogP contribution is -1.96. The van der Waals surface area contributed by atoms with Gasteiger partial charge in [-0.2, -0.15) is 0 Å². The lowest BCUT2D eigenvalue weighted by atomic mass is 10.1. The van der Waals surface area contributed by atoms with E-state index in [9.17, 15) is 4.79 Å². The summed E-state index contributed by atoms with van der Waals surface area (Å²) >= 11 is 0. The van der Waals surface area contributed by atoms with Gasteiger partial charge in [-0.25, -0.2) is 0 Å². The highest BCUT2D eigenvalue weighted by Crippen LogP contribution is 2.14. The largest absolute Gasteiger partial charge is 0.349 e. The van der Waals surface area contributed by atoms with Crippen LogP contribution in [0, 0.1) is 0 Å². The van der Waals surface area contributed by atoms with E-state index in [1.807, 2.05) is 35.2 Å². The van der Waals surface area contributed by atoms with Gasteiger partial charge >= 0.3 is 0 Å². The predicted molar refractivity (Wildman–Crippen MR) is 70.7 cm³/mol. The van der Waals surface area contributed by atoms with Gasteiger partial charge in [0.15, 0.2) is 6.29 Å². The topological polar surface area (TPSA) is 34.9 Å². The number of hydrogen-bond acceptors (Lipinski definition) is 2. The highest BCUT2D eigenvalue weighted by atomic mass is 16.1. The van der Waals surface area contributed by atoms with Crippen LogP contribution in [0.1, 0.15) is 15.9 Å². The van der Waals surface area contributed by atoms with Crippen LogP contribution in [0.5, 0.6) is 0 Å². The zero-order chi connectivity index (χ0) is 12.4. The molecule has 0 aliphatic rings. The van der Waals surface area contributed by atoms with Crippen LogP contribution in [0.15, 0.2) is 55.0 Å². The smallest absolute Gasteiger partial charge is 0.151 e. The first kappa shape index (κ1) is 10.7. The Balaban J connectivity index is 1.92. The van der Waals surface area contributed by atoms with Crippen molar-refractivity contribution < 1.29 is 4.79 Å². The molecule has 0 saturated heterocycles. The van der Waals surface area contributed by atoms with Crippen molar-refractivity contribution in [2.45, 2.75) is 6.54 Å². The van der Waals surface area contributed by atoms with Gasteiger partial charge in [0.2, 0.25) is 0 Å². The van der Waals surface area contributed by atoms with Crippen LogP contribution in [0.3, 0.4) is 0 Å². The van der Waals surface area contributed by atoms with Crippen molar-refractivity contribution in [1.29, 1.82) is 0 Å². The summed E-state index contributed by atoms with van der Waals surface area (Å²) in [6, 6.07) is 12.0. The van der Waals surface area contributed by atoms with Crippen molar-refractivity contribution >= 4 is 17.2 Å². The fourth-order valence-electron chi connectivity index (χ4n) is 2.06. The number of benzene rings is 1. The average Bonchev–Trinajstić information content (AvgIpc) is 2.86. The standard InChI is InChI=1S/C15H12N2O/c18-11-13-5-7-17(10-13)9-12-3-4-15-14(8-12)2-1-6-16-15/h1-8,10-11H,9H2. The number of rotatable bonds is 3. The predicted octanol–water partition coefficient (Wildman–Crippen LogP) is 2.90. The van der Waals surface area contributed by atoms with Gasteiger partial charge in [-0.15, -0.1) is 0 Å². The third-order valence-electron chi connectivity index (χ3n) is 2.94. The van der Waals surface area contributed by atoms with Gasteiger partial charge in [-0.05, 0) is 29.8 Å². The molecular formula is C15H12N2O. The number of aldehydes is 1. The third-order valence-corrected chi connectivity index (χ3v) is 2.94. The molecule has 3 rings (SSSR count). The summed E-state index contributed by atoms with van der Waals surface area (Å²) in [7, 11) is 0. The molecule has 0 atom stereocenters. The maximum atomic E-state index is 10.6. The SMILES string of the molecule is O=Cc1ccn(Cc2ccc3ncccc3c2)c1. The minimum atomic E-state index is 0.706. The van der Waals surface area contributed by atoms with Gasteiger partial charge in [0.1, 0.15) is 0 Å². The van der Waals surface area contributed by atoms with Crippen LogP contribution in [-0.2, 0) is 6.54 Å². The lowest BCUT2D eigenvalue weighted by molar-refractivity contribution is 0.112. The van der Waals surface area contributed by atoms with Crippen molar-refractivity contribution in [1.82, 2.24) is 9.55 Å². The van der Waals surface area contributed by atoms with E-state index in [4.69, 9.17) is 0 Å². The molecule has 88 valence electrons. The molecule has 0 saturated carbocycles. The molecule has 1 aromatic carbocycles. The second-order valence-electron chi connectivity index (χ2n) is 4.27. The first-order chi connectivity index (χ1) is 8.85. The number of pyridine rings is 1. The van der Waals surface area contributed by atoms with Crippen molar-refractivity contribution in [3.05, 3.63) is 66.1 Å². The van der Waals surface area contributed by atoms with E-state index in [1.54, 1.807) is 6.20 Å². The maximum Gasteiger partial charge on any atom is 0.151 e. The maximum absolute atomic E-state index is 10.6. The summed E-state index contributed by atoms with van der Waals surface area (Å²) in [5.41, 5.74) is 2.91. The number of carbonyl (C=O) groups is 1. The van der Waals surface area contributed by atoms with E-state index in [1.165, 1.54) is 5.56 Å². The van der Waals surface area contributed by atoms with E-state index in [2.05, 4.69) is 23.2 Å². The molecule has 0 radical (unpaired) electrons. The van der Waals surface area contributed by atoms with Crippen LogP contribution in [0.2, 0.25) is 0 Å². The third kappa shape index (κ3) is 2.02. The minimum Gasteiger partial charge on any atom is -0.349 e. The quantitative estimate of drug-likeness (QED) is 0.655. The van der Waals surface area contributed by atoms with Crippen molar-refractivity contribution in [2.75, 3.05) is 0 Å². The summed E-state index contributed by atoms with van der Waals surface area (Å²) in [5.74, 6) is 0. The van der Waals surface area contributed by atoms with Gasteiger partial charge in [0.05, 0.1) is 5.52 Å². The monoisotopic (exact) mass is 236 g/mol. The van der Waals surface area contributed by atoms with Gasteiger partial charge in [0, 0.05) is 36.1 Å². The van der Waals surface area contributed by atoms with Crippen LogP contribution in [0.25, 0.3) is 10.9 Å². The number of hydrogen-bond donors (Lipinski definition) is 0. The van der Waals surface area contributed by atoms with E-state index >= 15 is 0 Å². The summed E-state index contributed by atoms with van der Waals surface area (Å²) in [4.78, 5) is 14.9. The van der Waals surface area contributed by atoms with Crippen LogP contribution in [0.4, 0.5) is 0 Å². The second-order valence-corrected chi connectivity index (χ2v) is 4.27. The first-order valence-corrected chi connectivity index (χ1v) is 5.80.